The predicted molar refractivity (Wildman–Crippen MR) is 191 cm³/mol. The van der Waals surface area contributed by atoms with Gasteiger partial charge in [-0.2, -0.15) is 0 Å². The van der Waals surface area contributed by atoms with Crippen LogP contribution < -0.4 is 20.7 Å². The molecule has 4 N–H and O–H groups in total. The number of carbonyl (C=O) groups is 1. The summed E-state index contributed by atoms with van der Waals surface area (Å²) in [5.41, 5.74) is 5.77. The van der Waals surface area contributed by atoms with Crippen molar-refractivity contribution < 1.29 is 19.1 Å². The molecule has 4 aromatic carbocycles. The summed E-state index contributed by atoms with van der Waals surface area (Å²) >= 11 is 0. The van der Waals surface area contributed by atoms with E-state index >= 15 is 0 Å². The number of carbonyl (C=O) groups excluding carboxylic acids is 1. The molecular weight excluding hydrogens is 591 g/mol. The number of anilines is 2. The molecule has 0 aromatic heterocycles. The minimum atomic E-state index is -2.11. The van der Waals surface area contributed by atoms with Crippen LogP contribution in [0.1, 0.15) is 55.2 Å². The van der Waals surface area contributed by atoms with Gasteiger partial charge in [-0.25, -0.2) is 0 Å². The zero-order chi connectivity index (χ0) is 33.0. The molecule has 46 heavy (non-hydrogen) atoms. The van der Waals surface area contributed by atoms with Crippen LogP contribution in [0.25, 0.3) is 0 Å². The first kappa shape index (κ1) is 34.9. The van der Waals surface area contributed by atoms with Gasteiger partial charge in [-0.1, -0.05) is 99.6 Å². The van der Waals surface area contributed by atoms with Crippen molar-refractivity contribution in [1.82, 2.24) is 5.32 Å². The van der Waals surface area contributed by atoms with E-state index < -0.39 is 14.4 Å². The van der Waals surface area contributed by atoms with E-state index in [4.69, 9.17) is 9.16 Å². The Kier molecular flexibility index (Phi) is 12.6. The van der Waals surface area contributed by atoms with Gasteiger partial charge >= 0.3 is 0 Å². The van der Waals surface area contributed by atoms with Gasteiger partial charge in [0, 0.05) is 18.8 Å². The van der Waals surface area contributed by atoms with Gasteiger partial charge in [-0.15, -0.1) is 0 Å². The highest BCUT2D eigenvalue weighted by molar-refractivity contribution is 6.74. The Hall–Kier alpha value is -3.95. The highest BCUT2D eigenvalue weighted by Gasteiger charge is 2.39. The Balaban J connectivity index is 1.37. The van der Waals surface area contributed by atoms with Crippen molar-refractivity contribution in [3.8, 4) is 5.75 Å². The molecule has 8 heteroatoms. The molecule has 0 heterocycles. The summed E-state index contributed by atoms with van der Waals surface area (Å²) in [6.07, 6.45) is 0.792. The first-order valence-electron chi connectivity index (χ1n) is 16.0. The summed E-state index contributed by atoms with van der Waals surface area (Å²) in [5, 5.41) is 20.3. The van der Waals surface area contributed by atoms with Crippen molar-refractivity contribution in [2.24, 2.45) is 0 Å². The number of rotatable bonds is 17. The zero-order valence-corrected chi connectivity index (χ0v) is 28.8. The summed E-state index contributed by atoms with van der Waals surface area (Å²) in [6.45, 7) is 13.5. The van der Waals surface area contributed by atoms with E-state index in [0.29, 0.717) is 37.5 Å². The van der Waals surface area contributed by atoms with E-state index in [2.05, 4.69) is 74.1 Å². The fourth-order valence-electron chi connectivity index (χ4n) is 4.81. The molecular formula is C38H49N3O4Si. The van der Waals surface area contributed by atoms with Crippen LogP contribution in [-0.4, -0.2) is 39.5 Å². The molecule has 2 atom stereocenters. The molecule has 4 rings (SSSR count). The van der Waals surface area contributed by atoms with E-state index in [1.54, 1.807) is 0 Å². The van der Waals surface area contributed by atoms with Crippen molar-refractivity contribution in [1.29, 1.82) is 0 Å². The first-order valence-corrected chi connectivity index (χ1v) is 18.9. The molecule has 1 amide bonds. The lowest BCUT2D eigenvalue weighted by Crippen LogP contribution is -2.43. The molecule has 0 radical (unpaired) electrons. The second-order valence-corrected chi connectivity index (χ2v) is 17.9. The third-order valence-electron chi connectivity index (χ3n) is 8.63. The zero-order valence-electron chi connectivity index (χ0n) is 27.8. The smallest absolute Gasteiger partial charge is 0.211 e. The molecule has 0 fully saturated rings. The standard InChI is InChI=1S/C38H49N3O4Si/c1-38(2,3)46(4,5)45-37(32-18-21-36(34(24-32)41-28-42)44-27-30-12-8-6-9-13-30)26-39-23-22-29-16-19-33(20-17-29)40-25-35(43)31-14-10-7-11-15-31/h6-21,24,28,35,37,39-40,43H,22-23,25-27H2,1-5H3,(H,41,42)/t35-,37+/m1/s1. The fraction of sp³-hybridized carbons (Fsp3) is 0.342. The van der Waals surface area contributed by atoms with Gasteiger partial charge in [0.2, 0.25) is 6.41 Å². The molecule has 0 aliphatic rings. The molecule has 0 spiro atoms. The lowest BCUT2D eigenvalue weighted by atomic mass is 10.1. The second kappa shape index (κ2) is 16.6. The Morgan fingerprint density at radius 3 is 2.15 bits per heavy atom. The first-order chi connectivity index (χ1) is 22.1. The Bertz CT molecular complexity index is 1490. The van der Waals surface area contributed by atoms with Crippen LogP contribution in [0.3, 0.4) is 0 Å². The van der Waals surface area contributed by atoms with Crippen LogP contribution in [-0.2, 0) is 22.2 Å². The van der Waals surface area contributed by atoms with Crippen LogP contribution in [0.2, 0.25) is 18.1 Å². The Labute approximate surface area is 275 Å². The van der Waals surface area contributed by atoms with Gasteiger partial charge in [0.05, 0.1) is 17.9 Å². The maximum atomic E-state index is 11.5. The topological polar surface area (TPSA) is 91.8 Å². The summed E-state index contributed by atoms with van der Waals surface area (Å²) in [7, 11) is -2.11. The summed E-state index contributed by atoms with van der Waals surface area (Å²) in [4.78, 5) is 11.5. The van der Waals surface area contributed by atoms with Crippen LogP contribution in [0.4, 0.5) is 11.4 Å². The highest BCUT2D eigenvalue weighted by Crippen LogP contribution is 2.40. The largest absolute Gasteiger partial charge is 0.487 e. The molecule has 0 saturated carbocycles. The number of ether oxygens (including phenoxy) is 1. The highest BCUT2D eigenvalue weighted by atomic mass is 28.4. The number of aliphatic hydroxyl groups is 1. The maximum Gasteiger partial charge on any atom is 0.211 e. The maximum absolute atomic E-state index is 11.5. The van der Waals surface area contributed by atoms with E-state index in [0.717, 1.165) is 35.3 Å². The van der Waals surface area contributed by atoms with Gasteiger partial charge in [0.1, 0.15) is 12.4 Å². The summed E-state index contributed by atoms with van der Waals surface area (Å²) < 4.78 is 13.0. The predicted octanol–water partition coefficient (Wildman–Crippen LogP) is 7.87. The van der Waals surface area contributed by atoms with Crippen LogP contribution in [0.5, 0.6) is 5.75 Å². The third-order valence-corrected chi connectivity index (χ3v) is 13.1. The minimum absolute atomic E-state index is 0.0424. The molecule has 0 bridgehead atoms. The van der Waals surface area contributed by atoms with Crippen molar-refractivity contribution >= 4 is 26.1 Å². The van der Waals surface area contributed by atoms with E-state index in [-0.39, 0.29) is 11.1 Å². The second-order valence-electron chi connectivity index (χ2n) is 13.1. The van der Waals surface area contributed by atoms with Gasteiger partial charge in [-0.3, -0.25) is 4.79 Å². The lowest BCUT2D eigenvalue weighted by molar-refractivity contribution is -0.105. The number of amides is 1. The van der Waals surface area contributed by atoms with E-state index in [9.17, 15) is 9.90 Å². The van der Waals surface area contributed by atoms with Gasteiger partial charge in [0.25, 0.3) is 0 Å². The van der Waals surface area contributed by atoms with Crippen LogP contribution in [0, 0.1) is 0 Å². The summed E-state index contributed by atoms with van der Waals surface area (Å²) in [5.74, 6) is 0.617. The monoisotopic (exact) mass is 639 g/mol. The third kappa shape index (κ3) is 10.3. The molecule has 0 aliphatic heterocycles. The number of hydrogen-bond donors (Lipinski definition) is 4. The van der Waals surface area contributed by atoms with E-state index in [1.807, 2.05) is 78.9 Å². The van der Waals surface area contributed by atoms with E-state index in [1.165, 1.54) is 5.56 Å². The average molecular weight is 640 g/mol. The van der Waals surface area contributed by atoms with Gasteiger partial charge in [0.15, 0.2) is 8.32 Å². The lowest BCUT2D eigenvalue weighted by Gasteiger charge is -2.39. The number of benzene rings is 4. The number of hydrogen-bond acceptors (Lipinski definition) is 6. The molecule has 0 aliphatic carbocycles. The van der Waals surface area contributed by atoms with Crippen molar-refractivity contribution in [2.45, 2.75) is 64.1 Å². The number of nitrogens with one attached hydrogen (secondary N) is 3. The van der Waals surface area contributed by atoms with Crippen LogP contribution >= 0.6 is 0 Å². The normalized spacial score (nSPS) is 13.1. The molecule has 0 unspecified atom stereocenters. The van der Waals surface area contributed by atoms with Crippen molar-refractivity contribution in [2.75, 3.05) is 30.3 Å². The van der Waals surface area contributed by atoms with Crippen molar-refractivity contribution in [3.05, 3.63) is 125 Å². The molecule has 4 aromatic rings. The Morgan fingerprint density at radius 2 is 1.50 bits per heavy atom. The quantitative estimate of drug-likeness (QED) is 0.0534. The number of aliphatic hydroxyl groups excluding tert-OH is 1. The van der Waals surface area contributed by atoms with Gasteiger partial charge in [-0.05, 0) is 77.6 Å². The average Bonchev–Trinajstić information content (AvgIpc) is 3.05. The molecule has 0 saturated heterocycles. The Morgan fingerprint density at radius 1 is 0.826 bits per heavy atom. The SMILES string of the molecule is CC(C)(C)[Si](C)(C)O[C@@H](CNCCc1ccc(NC[C@@H](O)c2ccccc2)cc1)c1ccc(OCc2ccccc2)c(NC=O)c1. The fourth-order valence-corrected chi connectivity index (χ4v) is 6.09. The van der Waals surface area contributed by atoms with Crippen molar-refractivity contribution in [3.63, 3.8) is 0 Å². The van der Waals surface area contributed by atoms with Gasteiger partial charge < -0.3 is 30.2 Å². The van der Waals surface area contributed by atoms with Crippen LogP contribution in [0.15, 0.2) is 103 Å². The minimum Gasteiger partial charge on any atom is -0.487 e. The molecule has 244 valence electrons. The molecule has 7 nitrogen and oxygen atoms in total. The summed E-state index contributed by atoms with van der Waals surface area (Å²) in [6, 6.07) is 33.9.